The third-order valence-corrected chi connectivity index (χ3v) is 4.02. The van der Waals surface area contributed by atoms with Crippen LogP contribution in [0.15, 0.2) is 36.4 Å². The highest BCUT2D eigenvalue weighted by molar-refractivity contribution is 6.01. The van der Waals surface area contributed by atoms with Crippen LogP contribution in [0.1, 0.15) is 36.7 Å². The van der Waals surface area contributed by atoms with Gasteiger partial charge in [0.25, 0.3) is 5.91 Å². The van der Waals surface area contributed by atoms with E-state index in [0.29, 0.717) is 29.6 Å². The Morgan fingerprint density at radius 3 is 2.81 bits per heavy atom. The second kappa shape index (κ2) is 6.67. The summed E-state index contributed by atoms with van der Waals surface area (Å²) in [5, 5.41) is 0. The first kappa shape index (κ1) is 17.7. The largest absolute Gasteiger partial charge is 0.474 e. The minimum atomic E-state index is -1.02. The van der Waals surface area contributed by atoms with E-state index in [9.17, 15) is 9.59 Å². The first-order valence-electron chi connectivity index (χ1n) is 8.35. The van der Waals surface area contributed by atoms with E-state index in [-0.39, 0.29) is 12.5 Å². The van der Waals surface area contributed by atoms with E-state index in [1.54, 1.807) is 51.1 Å². The van der Waals surface area contributed by atoms with Crippen molar-refractivity contribution in [3.05, 3.63) is 47.5 Å². The molecule has 2 heterocycles. The first-order chi connectivity index (χ1) is 12.3. The van der Waals surface area contributed by atoms with Gasteiger partial charge in [0, 0.05) is 0 Å². The molecule has 1 aliphatic heterocycles. The summed E-state index contributed by atoms with van der Waals surface area (Å²) >= 11 is 0. The highest BCUT2D eigenvalue weighted by Gasteiger charge is 2.41. The van der Waals surface area contributed by atoms with E-state index < -0.39 is 11.6 Å². The molecule has 0 saturated heterocycles. The topological polar surface area (TPSA) is 94.8 Å². The van der Waals surface area contributed by atoms with E-state index in [1.165, 1.54) is 4.90 Å². The molecule has 0 saturated carbocycles. The second-order valence-electron chi connectivity index (χ2n) is 6.48. The van der Waals surface area contributed by atoms with Gasteiger partial charge in [-0.05, 0) is 50.6 Å². The van der Waals surface area contributed by atoms with E-state index in [1.807, 2.05) is 6.07 Å². The molecule has 0 unspecified atom stereocenters. The molecule has 0 fully saturated rings. The number of pyridine rings is 1. The monoisotopic (exact) mass is 355 g/mol. The van der Waals surface area contributed by atoms with Crippen molar-refractivity contribution in [3.63, 3.8) is 0 Å². The van der Waals surface area contributed by atoms with Gasteiger partial charge in [0.15, 0.2) is 17.2 Å². The quantitative estimate of drug-likeness (QED) is 0.847. The van der Waals surface area contributed by atoms with Crippen LogP contribution < -0.4 is 15.4 Å². The Balaban J connectivity index is 1.96. The molecule has 1 amide bonds. The van der Waals surface area contributed by atoms with Crippen LogP contribution >= 0.6 is 0 Å². The van der Waals surface area contributed by atoms with Gasteiger partial charge >= 0.3 is 5.97 Å². The van der Waals surface area contributed by atoms with Gasteiger partial charge in [0.2, 0.25) is 0 Å². The maximum atomic E-state index is 12.9. The summed E-state index contributed by atoms with van der Waals surface area (Å²) in [5.41, 5.74) is 5.97. The molecule has 0 spiro atoms. The highest BCUT2D eigenvalue weighted by Crippen LogP contribution is 2.37. The number of rotatable bonds is 4. The van der Waals surface area contributed by atoms with Crippen molar-refractivity contribution in [2.45, 2.75) is 32.9 Å². The van der Waals surface area contributed by atoms with Crippen LogP contribution in [0.2, 0.25) is 0 Å². The van der Waals surface area contributed by atoms with Crippen molar-refractivity contribution in [3.8, 4) is 5.75 Å². The number of ether oxygens (including phenoxy) is 2. The smallest absolute Gasteiger partial charge is 0.338 e. The summed E-state index contributed by atoms with van der Waals surface area (Å²) < 4.78 is 10.8. The molecule has 0 atom stereocenters. The number of carbonyl (C=O) groups excluding carboxylic acids is 2. The fourth-order valence-electron chi connectivity index (χ4n) is 2.80. The summed E-state index contributed by atoms with van der Waals surface area (Å²) in [6.07, 6.45) is 0. The molecular weight excluding hydrogens is 334 g/mol. The van der Waals surface area contributed by atoms with Crippen molar-refractivity contribution in [1.82, 2.24) is 4.98 Å². The van der Waals surface area contributed by atoms with Crippen LogP contribution in [0, 0.1) is 0 Å². The highest BCUT2D eigenvalue weighted by atomic mass is 16.5. The summed E-state index contributed by atoms with van der Waals surface area (Å²) in [6.45, 7) is 5.70. The average molecular weight is 355 g/mol. The van der Waals surface area contributed by atoms with Crippen molar-refractivity contribution >= 4 is 23.5 Å². The maximum absolute atomic E-state index is 12.9. The number of benzene rings is 1. The standard InChI is InChI=1S/C19H21N3O4/c1-4-25-17(23)13-7-5-6-12(10-13)11-22-16-14(8-9-15(20)21-16)26-19(2,3)18(22)24/h5-10H,4,11H2,1-3H3,(H2,20,21). The van der Waals surface area contributed by atoms with Gasteiger partial charge in [-0.3, -0.25) is 9.69 Å². The Kier molecular flexibility index (Phi) is 4.54. The molecular formula is C19H21N3O4. The SMILES string of the molecule is CCOC(=O)c1cccc(CN2C(=O)C(C)(C)Oc3ccc(N)nc32)c1. The van der Waals surface area contributed by atoms with Crippen molar-refractivity contribution in [2.24, 2.45) is 0 Å². The van der Waals surface area contributed by atoms with Gasteiger partial charge in [0.05, 0.1) is 18.7 Å². The van der Waals surface area contributed by atoms with Gasteiger partial charge < -0.3 is 15.2 Å². The van der Waals surface area contributed by atoms with Gasteiger partial charge in [0.1, 0.15) is 5.82 Å². The van der Waals surface area contributed by atoms with Crippen molar-refractivity contribution in [1.29, 1.82) is 0 Å². The number of nitrogens with two attached hydrogens (primary N) is 1. The maximum Gasteiger partial charge on any atom is 0.338 e. The third-order valence-electron chi connectivity index (χ3n) is 4.02. The molecule has 0 radical (unpaired) electrons. The Hall–Kier alpha value is -3.09. The number of aromatic nitrogens is 1. The first-order valence-corrected chi connectivity index (χ1v) is 8.35. The normalized spacial score (nSPS) is 15.2. The Bertz CT molecular complexity index is 864. The Morgan fingerprint density at radius 2 is 2.08 bits per heavy atom. The molecule has 2 aromatic rings. The average Bonchev–Trinajstić information content (AvgIpc) is 2.60. The summed E-state index contributed by atoms with van der Waals surface area (Å²) in [5.74, 6) is 0.529. The fraction of sp³-hybridized carbons (Fsp3) is 0.316. The molecule has 2 N–H and O–H groups in total. The molecule has 1 aromatic carbocycles. The minimum Gasteiger partial charge on any atom is -0.474 e. The van der Waals surface area contributed by atoms with Crippen LogP contribution in [0.5, 0.6) is 5.75 Å². The van der Waals surface area contributed by atoms with Crippen molar-refractivity contribution < 1.29 is 19.1 Å². The minimum absolute atomic E-state index is 0.232. The Labute approximate surface area is 151 Å². The van der Waals surface area contributed by atoms with Gasteiger partial charge in [-0.25, -0.2) is 9.78 Å². The number of esters is 1. The predicted octanol–water partition coefficient (Wildman–Crippen LogP) is 2.54. The lowest BCUT2D eigenvalue weighted by Gasteiger charge is -2.38. The number of fused-ring (bicyclic) bond motifs is 1. The van der Waals surface area contributed by atoms with Crippen LogP contribution in [0.3, 0.4) is 0 Å². The number of hydrogen-bond donors (Lipinski definition) is 1. The number of carbonyl (C=O) groups is 2. The zero-order valence-corrected chi connectivity index (χ0v) is 15.0. The van der Waals surface area contributed by atoms with Crippen molar-refractivity contribution in [2.75, 3.05) is 17.2 Å². The zero-order valence-electron chi connectivity index (χ0n) is 15.0. The molecule has 26 heavy (non-hydrogen) atoms. The summed E-state index contributed by atoms with van der Waals surface area (Å²) in [4.78, 5) is 30.6. The van der Waals surface area contributed by atoms with E-state index in [0.717, 1.165) is 5.56 Å². The van der Waals surface area contributed by atoms with E-state index >= 15 is 0 Å². The lowest BCUT2D eigenvalue weighted by Crippen LogP contribution is -2.52. The van der Waals surface area contributed by atoms with Crippen LogP contribution in [0.4, 0.5) is 11.6 Å². The predicted molar refractivity (Wildman–Crippen MR) is 96.9 cm³/mol. The number of anilines is 2. The molecule has 7 heteroatoms. The number of hydrogen-bond acceptors (Lipinski definition) is 6. The molecule has 7 nitrogen and oxygen atoms in total. The Morgan fingerprint density at radius 1 is 1.31 bits per heavy atom. The number of nitrogen functional groups attached to an aromatic ring is 1. The van der Waals surface area contributed by atoms with Gasteiger partial charge in [-0.2, -0.15) is 0 Å². The molecule has 3 rings (SSSR count). The van der Waals surface area contributed by atoms with Crippen LogP contribution in [0.25, 0.3) is 0 Å². The fourth-order valence-corrected chi connectivity index (χ4v) is 2.80. The van der Waals surface area contributed by atoms with Gasteiger partial charge in [-0.1, -0.05) is 12.1 Å². The van der Waals surface area contributed by atoms with E-state index in [2.05, 4.69) is 4.98 Å². The molecule has 1 aliphatic rings. The summed E-state index contributed by atoms with van der Waals surface area (Å²) in [6, 6.07) is 10.3. The lowest BCUT2D eigenvalue weighted by atomic mass is 10.0. The van der Waals surface area contributed by atoms with Crippen LogP contribution in [-0.2, 0) is 16.1 Å². The van der Waals surface area contributed by atoms with Crippen LogP contribution in [-0.4, -0.2) is 29.1 Å². The zero-order chi connectivity index (χ0) is 18.9. The third kappa shape index (κ3) is 3.33. The summed E-state index contributed by atoms with van der Waals surface area (Å²) in [7, 11) is 0. The molecule has 1 aromatic heterocycles. The molecule has 136 valence electrons. The molecule has 0 bridgehead atoms. The van der Waals surface area contributed by atoms with Gasteiger partial charge in [-0.15, -0.1) is 0 Å². The number of amides is 1. The second-order valence-corrected chi connectivity index (χ2v) is 6.48. The number of nitrogens with zero attached hydrogens (tertiary/aromatic N) is 2. The molecule has 0 aliphatic carbocycles. The van der Waals surface area contributed by atoms with E-state index in [4.69, 9.17) is 15.2 Å². The lowest BCUT2D eigenvalue weighted by molar-refractivity contribution is -0.132.